The number of aliphatic hydroxyl groups excluding tert-OH is 2. The molecule has 38 heavy (non-hydrogen) atoms. The standard InChI is InChI=1S/C27H45NO9S/c1-15(4-7-22(31)28-10-11-38(35,36)37)17-5-6-18-23-19(13-21(30)26(17,18)3)25(2)8-9-27(34,24(32)33)14-16(25)12-20(23)29/h15-21,23,29-30,34H,4-14H2,1-3H3,(H,28,31)(H,32,33)(H,35,36,37)/t15-,16?,17-,18+,19+,20-,21+,23+,25+,26-,27-/m1/s1. The summed E-state index contributed by atoms with van der Waals surface area (Å²) in [6.07, 6.45) is 3.22. The SMILES string of the molecule is C[C@H](CCC(=O)NCCS(=O)(=O)O)[C@H]1CC[C@H]2[C@@H]3[C@H](O)CC4C[C@@](O)(C(=O)O)CC[C@]4(C)[C@H]3C[C@H](O)[C@]12C. The number of carbonyl (C=O) groups excluding carboxylic acids is 1. The van der Waals surface area contributed by atoms with E-state index in [1.165, 1.54) is 0 Å². The van der Waals surface area contributed by atoms with Crippen molar-refractivity contribution in [2.75, 3.05) is 12.3 Å². The number of nitrogens with one attached hydrogen (secondary N) is 1. The second kappa shape index (κ2) is 10.3. The fraction of sp³-hybridized carbons (Fsp3) is 0.926. The molecule has 0 saturated heterocycles. The summed E-state index contributed by atoms with van der Waals surface area (Å²) >= 11 is 0. The van der Waals surface area contributed by atoms with E-state index in [0.29, 0.717) is 25.7 Å². The summed E-state index contributed by atoms with van der Waals surface area (Å²) in [5.41, 5.74) is -2.43. The molecule has 6 N–H and O–H groups in total. The van der Waals surface area contributed by atoms with E-state index < -0.39 is 45.1 Å². The predicted octanol–water partition coefficient (Wildman–Crippen LogP) is 1.82. The maximum absolute atomic E-state index is 12.2. The highest BCUT2D eigenvalue weighted by atomic mass is 32.2. The van der Waals surface area contributed by atoms with Crippen molar-refractivity contribution in [3.8, 4) is 0 Å². The highest BCUT2D eigenvalue weighted by Crippen LogP contribution is 2.68. The van der Waals surface area contributed by atoms with Crippen molar-refractivity contribution in [1.82, 2.24) is 5.32 Å². The van der Waals surface area contributed by atoms with Gasteiger partial charge < -0.3 is 25.7 Å². The zero-order valence-corrected chi connectivity index (χ0v) is 23.5. The molecule has 4 aliphatic carbocycles. The number of aliphatic hydroxyl groups is 3. The molecule has 0 radical (unpaired) electrons. The lowest BCUT2D eigenvalue weighted by atomic mass is 9.42. The molecule has 11 heteroatoms. The van der Waals surface area contributed by atoms with Gasteiger partial charge in [0.1, 0.15) is 0 Å². The van der Waals surface area contributed by atoms with Crippen molar-refractivity contribution in [3.63, 3.8) is 0 Å². The van der Waals surface area contributed by atoms with Gasteiger partial charge in [-0.1, -0.05) is 20.8 Å². The molecule has 4 rings (SSSR count). The quantitative estimate of drug-likeness (QED) is 0.242. The highest BCUT2D eigenvalue weighted by Gasteiger charge is 2.66. The van der Waals surface area contributed by atoms with Gasteiger partial charge in [0.25, 0.3) is 10.1 Å². The summed E-state index contributed by atoms with van der Waals surface area (Å²) in [6.45, 7) is 6.24. The molecule has 1 amide bonds. The van der Waals surface area contributed by atoms with Crippen LogP contribution in [0.1, 0.15) is 78.6 Å². The van der Waals surface area contributed by atoms with Crippen LogP contribution in [0, 0.1) is 46.3 Å². The van der Waals surface area contributed by atoms with Crippen molar-refractivity contribution in [3.05, 3.63) is 0 Å². The van der Waals surface area contributed by atoms with Gasteiger partial charge in [0.05, 0.1) is 18.0 Å². The Kier molecular flexibility index (Phi) is 8.04. The molecule has 0 spiro atoms. The van der Waals surface area contributed by atoms with Crippen LogP contribution in [0.25, 0.3) is 0 Å². The fourth-order valence-corrected chi connectivity index (χ4v) is 9.67. The number of aliphatic carboxylic acids is 1. The minimum atomic E-state index is -4.13. The lowest BCUT2D eigenvalue weighted by Crippen LogP contribution is -2.63. The third-order valence-electron chi connectivity index (χ3n) is 11.5. The Bertz CT molecular complexity index is 1040. The first-order valence-corrected chi connectivity index (χ1v) is 15.7. The van der Waals surface area contributed by atoms with Gasteiger partial charge in [0.2, 0.25) is 5.91 Å². The maximum atomic E-state index is 12.2. The number of carboxylic acid groups (broad SMARTS) is 1. The second-order valence-corrected chi connectivity index (χ2v) is 14.9. The first kappa shape index (κ1) is 29.7. The minimum Gasteiger partial charge on any atom is -0.479 e. The maximum Gasteiger partial charge on any atom is 0.335 e. The third kappa shape index (κ3) is 5.13. The monoisotopic (exact) mass is 559 g/mol. The molecule has 0 bridgehead atoms. The number of amides is 1. The number of hydrogen-bond donors (Lipinski definition) is 6. The summed E-state index contributed by atoms with van der Waals surface area (Å²) in [5, 5.41) is 45.9. The van der Waals surface area contributed by atoms with Gasteiger partial charge in [-0.15, -0.1) is 0 Å². The largest absolute Gasteiger partial charge is 0.479 e. The predicted molar refractivity (Wildman–Crippen MR) is 138 cm³/mol. The van der Waals surface area contributed by atoms with E-state index in [1.54, 1.807) is 0 Å². The molecule has 10 nitrogen and oxygen atoms in total. The van der Waals surface area contributed by atoms with Crippen LogP contribution in [-0.2, 0) is 19.7 Å². The average molecular weight is 560 g/mol. The molecule has 218 valence electrons. The van der Waals surface area contributed by atoms with Crippen molar-refractivity contribution in [2.24, 2.45) is 46.3 Å². The van der Waals surface area contributed by atoms with Crippen LogP contribution < -0.4 is 5.32 Å². The Morgan fingerprint density at radius 2 is 1.76 bits per heavy atom. The van der Waals surface area contributed by atoms with Crippen LogP contribution in [0.5, 0.6) is 0 Å². The number of fused-ring (bicyclic) bond motifs is 5. The average Bonchev–Trinajstić information content (AvgIpc) is 3.17. The first-order valence-electron chi connectivity index (χ1n) is 14.1. The Balaban J connectivity index is 1.45. The van der Waals surface area contributed by atoms with Crippen LogP contribution in [0.2, 0.25) is 0 Å². The Hall–Kier alpha value is -1.27. The molecule has 4 aliphatic rings. The zero-order valence-electron chi connectivity index (χ0n) is 22.7. The van der Waals surface area contributed by atoms with Crippen molar-refractivity contribution in [2.45, 2.75) is 96.4 Å². The lowest BCUT2D eigenvalue weighted by molar-refractivity contribution is -0.219. The Morgan fingerprint density at radius 3 is 2.39 bits per heavy atom. The van der Waals surface area contributed by atoms with E-state index in [1.807, 2.05) is 0 Å². The smallest absolute Gasteiger partial charge is 0.335 e. The van der Waals surface area contributed by atoms with Crippen molar-refractivity contribution in [1.29, 1.82) is 0 Å². The molecule has 0 aromatic rings. The topological polar surface area (TPSA) is 181 Å². The van der Waals surface area contributed by atoms with Crippen molar-refractivity contribution >= 4 is 22.0 Å². The normalized spacial score (nSPS) is 45.4. The highest BCUT2D eigenvalue weighted by molar-refractivity contribution is 7.85. The molecule has 11 atom stereocenters. The molecule has 4 fully saturated rings. The summed E-state index contributed by atoms with van der Waals surface area (Å²) in [4.78, 5) is 24.0. The zero-order chi connectivity index (χ0) is 28.3. The molecule has 4 saturated carbocycles. The van der Waals surface area contributed by atoms with Crippen molar-refractivity contribution < 1.29 is 43.0 Å². The van der Waals surface area contributed by atoms with E-state index in [9.17, 15) is 38.4 Å². The molecule has 0 heterocycles. The van der Waals surface area contributed by atoms with Crippen LogP contribution in [0.3, 0.4) is 0 Å². The van der Waals surface area contributed by atoms with E-state index in [0.717, 1.165) is 12.8 Å². The van der Waals surface area contributed by atoms with Gasteiger partial charge in [-0.25, -0.2) is 4.79 Å². The Labute approximate surface area is 225 Å². The van der Waals surface area contributed by atoms with Gasteiger partial charge in [0.15, 0.2) is 5.60 Å². The lowest BCUT2D eigenvalue weighted by Gasteiger charge is -2.64. The van der Waals surface area contributed by atoms with Crippen LogP contribution >= 0.6 is 0 Å². The van der Waals surface area contributed by atoms with Gasteiger partial charge >= 0.3 is 5.97 Å². The number of carboxylic acids is 1. The van der Waals surface area contributed by atoms with Crippen LogP contribution in [0.4, 0.5) is 0 Å². The summed E-state index contributed by atoms with van der Waals surface area (Å²) < 4.78 is 30.5. The van der Waals surface area contributed by atoms with Crippen LogP contribution in [-0.4, -0.2) is 75.4 Å². The van der Waals surface area contributed by atoms with E-state index in [-0.39, 0.29) is 72.6 Å². The van der Waals surface area contributed by atoms with Gasteiger partial charge in [-0.05, 0) is 97.7 Å². The molecular formula is C27H45NO9S. The second-order valence-electron chi connectivity index (χ2n) is 13.3. The number of carbonyl (C=O) groups is 2. The van der Waals surface area contributed by atoms with E-state index in [4.69, 9.17) is 4.55 Å². The molecule has 0 aromatic heterocycles. The van der Waals surface area contributed by atoms with Gasteiger partial charge in [0, 0.05) is 13.0 Å². The number of hydrogen-bond acceptors (Lipinski definition) is 7. The minimum absolute atomic E-state index is 0.00148. The molecular weight excluding hydrogens is 514 g/mol. The third-order valence-corrected chi connectivity index (χ3v) is 12.2. The summed E-state index contributed by atoms with van der Waals surface area (Å²) in [6, 6.07) is 0. The number of rotatable bonds is 8. The molecule has 1 unspecified atom stereocenters. The molecule has 0 aliphatic heterocycles. The summed E-state index contributed by atoms with van der Waals surface area (Å²) in [7, 11) is -4.13. The van der Waals surface area contributed by atoms with Crippen LogP contribution in [0.15, 0.2) is 0 Å². The first-order chi connectivity index (χ1) is 17.5. The summed E-state index contributed by atoms with van der Waals surface area (Å²) in [5.74, 6) is -1.67. The van der Waals surface area contributed by atoms with Gasteiger partial charge in [-0.3, -0.25) is 9.35 Å². The fourth-order valence-electron chi connectivity index (χ4n) is 9.31. The Morgan fingerprint density at radius 1 is 1.08 bits per heavy atom. The van der Waals surface area contributed by atoms with Gasteiger partial charge in [-0.2, -0.15) is 8.42 Å². The van der Waals surface area contributed by atoms with E-state index >= 15 is 0 Å². The molecule has 0 aromatic carbocycles. The van der Waals surface area contributed by atoms with E-state index in [2.05, 4.69) is 26.1 Å².